The molecule has 28 heavy (non-hydrogen) atoms. The lowest BCUT2D eigenvalue weighted by Crippen LogP contribution is -2.15. The normalized spacial score (nSPS) is 11.0. The summed E-state index contributed by atoms with van der Waals surface area (Å²) in [6.45, 7) is 1.67. The lowest BCUT2D eigenvalue weighted by Gasteiger charge is -2.09. The molecular weight excluding hydrogens is 354 g/mol. The Labute approximate surface area is 162 Å². The molecule has 3 aromatic carbocycles. The average Bonchev–Trinajstić information content (AvgIpc) is 2.69. The highest BCUT2D eigenvalue weighted by Crippen LogP contribution is 2.23. The minimum absolute atomic E-state index is 0.0434. The zero-order valence-electron chi connectivity index (χ0n) is 15.3. The van der Waals surface area contributed by atoms with Crippen molar-refractivity contribution < 1.29 is 19.4 Å². The van der Waals surface area contributed by atoms with Gasteiger partial charge in [-0.05, 0) is 55.0 Å². The fraction of sp³-hybridized carbons (Fsp3) is 0.0435. The third-order valence-corrected chi connectivity index (χ3v) is 3.98. The van der Waals surface area contributed by atoms with Crippen LogP contribution in [0.5, 0.6) is 11.5 Å². The van der Waals surface area contributed by atoms with Crippen LogP contribution in [-0.4, -0.2) is 17.0 Å². The molecule has 0 aliphatic rings. The first-order chi connectivity index (χ1) is 13.5. The Bertz CT molecular complexity index is 1030. The third kappa shape index (κ3) is 4.86. The van der Waals surface area contributed by atoms with Crippen LogP contribution in [0.15, 0.2) is 84.4 Å². The van der Waals surface area contributed by atoms with Crippen molar-refractivity contribution in [2.24, 2.45) is 0 Å². The average molecular weight is 373 g/mol. The van der Waals surface area contributed by atoms with E-state index in [1.54, 1.807) is 31.2 Å². The molecule has 5 nitrogen and oxygen atoms in total. The molecule has 0 fully saturated rings. The summed E-state index contributed by atoms with van der Waals surface area (Å²) in [6, 6.07) is 23.1. The number of rotatable bonds is 6. The maximum atomic E-state index is 12.5. The van der Waals surface area contributed by atoms with E-state index in [2.05, 4.69) is 5.32 Å². The molecule has 3 rings (SSSR count). The van der Waals surface area contributed by atoms with E-state index in [1.807, 2.05) is 54.6 Å². The number of carboxylic acid groups (broad SMARTS) is 1. The van der Waals surface area contributed by atoms with E-state index in [9.17, 15) is 14.7 Å². The van der Waals surface area contributed by atoms with Crippen LogP contribution >= 0.6 is 0 Å². The number of hydrogen-bond donors (Lipinski definition) is 2. The van der Waals surface area contributed by atoms with Gasteiger partial charge in [0.2, 0.25) is 0 Å². The van der Waals surface area contributed by atoms with Gasteiger partial charge in [-0.1, -0.05) is 42.5 Å². The van der Waals surface area contributed by atoms with Crippen LogP contribution in [0.3, 0.4) is 0 Å². The number of hydrogen-bond acceptors (Lipinski definition) is 3. The standard InChI is InChI=1S/C23H19NO4/c1-16(22(25)24-21-13-6-5-12-20(21)23(26)27)14-17-8-7-11-19(15-17)28-18-9-3-2-4-10-18/h2-15H,1H3,(H,24,25)(H,26,27)/b16-14+. The van der Waals surface area contributed by atoms with Crippen molar-refractivity contribution in [2.45, 2.75) is 6.92 Å². The van der Waals surface area contributed by atoms with Crippen molar-refractivity contribution in [3.05, 3.63) is 95.6 Å². The number of para-hydroxylation sites is 2. The molecule has 0 heterocycles. The van der Waals surface area contributed by atoms with Gasteiger partial charge in [0.25, 0.3) is 5.91 Å². The van der Waals surface area contributed by atoms with Crippen LogP contribution in [0.2, 0.25) is 0 Å². The molecule has 0 aliphatic carbocycles. The quantitative estimate of drug-likeness (QED) is 0.581. The van der Waals surface area contributed by atoms with Gasteiger partial charge in [-0.3, -0.25) is 4.79 Å². The molecule has 0 aromatic heterocycles. The second-order valence-electron chi connectivity index (χ2n) is 6.12. The second-order valence-corrected chi connectivity index (χ2v) is 6.12. The molecule has 0 saturated heterocycles. The van der Waals surface area contributed by atoms with Crippen molar-refractivity contribution in [3.63, 3.8) is 0 Å². The number of amides is 1. The van der Waals surface area contributed by atoms with E-state index < -0.39 is 5.97 Å². The number of carboxylic acids is 1. The number of nitrogens with one attached hydrogen (secondary N) is 1. The fourth-order valence-electron chi connectivity index (χ4n) is 2.61. The summed E-state index contributed by atoms with van der Waals surface area (Å²) in [5.74, 6) is -0.0841. The molecule has 3 aromatic rings. The number of aromatic carboxylic acids is 1. The highest BCUT2D eigenvalue weighted by atomic mass is 16.5. The molecule has 2 N–H and O–H groups in total. The number of anilines is 1. The van der Waals surface area contributed by atoms with Crippen LogP contribution in [-0.2, 0) is 4.79 Å². The Morgan fingerprint density at radius 2 is 1.57 bits per heavy atom. The lowest BCUT2D eigenvalue weighted by molar-refractivity contribution is -0.112. The van der Waals surface area contributed by atoms with Crippen LogP contribution in [0, 0.1) is 0 Å². The van der Waals surface area contributed by atoms with Crippen molar-refractivity contribution in [3.8, 4) is 11.5 Å². The molecule has 0 aliphatic heterocycles. The number of carbonyl (C=O) groups is 2. The summed E-state index contributed by atoms with van der Waals surface area (Å²) in [7, 11) is 0. The van der Waals surface area contributed by atoms with E-state index in [0.717, 1.165) is 11.3 Å². The Balaban J connectivity index is 1.75. The Morgan fingerprint density at radius 3 is 2.32 bits per heavy atom. The van der Waals surface area contributed by atoms with E-state index in [1.165, 1.54) is 6.07 Å². The summed E-state index contributed by atoms with van der Waals surface area (Å²) < 4.78 is 5.80. The largest absolute Gasteiger partial charge is 0.478 e. The molecule has 0 spiro atoms. The third-order valence-electron chi connectivity index (χ3n) is 3.98. The molecule has 1 amide bonds. The first-order valence-corrected chi connectivity index (χ1v) is 8.68. The van der Waals surface area contributed by atoms with Crippen molar-refractivity contribution in [2.75, 3.05) is 5.32 Å². The molecule has 0 saturated carbocycles. The molecule has 5 heteroatoms. The summed E-state index contributed by atoms with van der Waals surface area (Å²) >= 11 is 0. The number of carbonyl (C=O) groups excluding carboxylic acids is 1. The van der Waals surface area contributed by atoms with Crippen LogP contribution in [0.4, 0.5) is 5.69 Å². The van der Waals surface area contributed by atoms with Gasteiger partial charge in [0.15, 0.2) is 0 Å². The molecule has 0 radical (unpaired) electrons. The van der Waals surface area contributed by atoms with E-state index in [-0.39, 0.29) is 17.2 Å². The Kier molecular flexibility index (Phi) is 5.87. The Hall–Kier alpha value is -3.86. The minimum Gasteiger partial charge on any atom is -0.478 e. The van der Waals surface area contributed by atoms with E-state index in [0.29, 0.717) is 11.3 Å². The SMILES string of the molecule is C/C(=C\c1cccc(Oc2ccccc2)c1)C(=O)Nc1ccccc1C(=O)O. The van der Waals surface area contributed by atoms with Gasteiger partial charge in [0.1, 0.15) is 11.5 Å². The molecule has 0 bridgehead atoms. The van der Waals surface area contributed by atoms with Gasteiger partial charge in [0.05, 0.1) is 11.3 Å². The van der Waals surface area contributed by atoms with Crippen LogP contribution < -0.4 is 10.1 Å². The first-order valence-electron chi connectivity index (χ1n) is 8.68. The van der Waals surface area contributed by atoms with Crippen molar-refractivity contribution in [1.29, 1.82) is 0 Å². The summed E-state index contributed by atoms with van der Waals surface area (Å²) in [4.78, 5) is 23.7. The van der Waals surface area contributed by atoms with Crippen molar-refractivity contribution in [1.82, 2.24) is 0 Å². The maximum absolute atomic E-state index is 12.5. The summed E-state index contributed by atoms with van der Waals surface area (Å²) in [5.41, 5.74) is 1.54. The van der Waals surface area contributed by atoms with Gasteiger partial charge in [-0.2, -0.15) is 0 Å². The van der Waals surface area contributed by atoms with Gasteiger partial charge in [-0.15, -0.1) is 0 Å². The predicted molar refractivity (Wildman–Crippen MR) is 109 cm³/mol. The topological polar surface area (TPSA) is 75.6 Å². The monoisotopic (exact) mass is 373 g/mol. The minimum atomic E-state index is -1.09. The van der Waals surface area contributed by atoms with Crippen molar-refractivity contribution >= 4 is 23.6 Å². The van der Waals surface area contributed by atoms with E-state index in [4.69, 9.17) is 4.74 Å². The maximum Gasteiger partial charge on any atom is 0.337 e. The fourth-order valence-corrected chi connectivity index (χ4v) is 2.61. The predicted octanol–water partition coefficient (Wildman–Crippen LogP) is 5.22. The number of ether oxygens (including phenoxy) is 1. The molecule has 0 unspecified atom stereocenters. The van der Waals surface area contributed by atoms with Crippen LogP contribution in [0.25, 0.3) is 6.08 Å². The van der Waals surface area contributed by atoms with Gasteiger partial charge in [0, 0.05) is 5.57 Å². The lowest BCUT2D eigenvalue weighted by atomic mass is 10.1. The number of benzene rings is 3. The second kappa shape index (κ2) is 8.68. The van der Waals surface area contributed by atoms with E-state index >= 15 is 0 Å². The Morgan fingerprint density at radius 1 is 0.893 bits per heavy atom. The highest BCUT2D eigenvalue weighted by Gasteiger charge is 2.12. The smallest absolute Gasteiger partial charge is 0.337 e. The first kappa shape index (κ1) is 18.9. The van der Waals surface area contributed by atoms with Gasteiger partial charge >= 0.3 is 5.97 Å². The molecular formula is C23H19NO4. The zero-order valence-corrected chi connectivity index (χ0v) is 15.3. The van der Waals surface area contributed by atoms with Gasteiger partial charge < -0.3 is 15.2 Å². The summed E-state index contributed by atoms with van der Waals surface area (Å²) in [6.07, 6.45) is 1.72. The van der Waals surface area contributed by atoms with Gasteiger partial charge in [-0.25, -0.2) is 4.79 Å². The van der Waals surface area contributed by atoms with Crippen LogP contribution in [0.1, 0.15) is 22.8 Å². The summed E-state index contributed by atoms with van der Waals surface area (Å²) in [5, 5.41) is 11.9. The molecule has 140 valence electrons. The zero-order chi connectivity index (χ0) is 19.9. The highest BCUT2D eigenvalue weighted by molar-refractivity contribution is 6.09. The molecule has 0 atom stereocenters.